The molecule has 1 heterocycles. The molecular weight excluding hydrogens is 328 g/mol. The van der Waals surface area contributed by atoms with Gasteiger partial charge in [0.25, 0.3) is 5.89 Å². The maximum Gasteiger partial charge on any atom is 0.312 e. The highest BCUT2D eigenvalue weighted by molar-refractivity contribution is 6.24. The van der Waals surface area contributed by atoms with Gasteiger partial charge < -0.3 is 9.26 Å². The average molecular weight is 353 g/mol. The summed E-state index contributed by atoms with van der Waals surface area (Å²) in [6, 6.07) is 0. The molecule has 0 N–H and O–H groups in total. The van der Waals surface area contributed by atoms with Crippen molar-refractivity contribution >= 4 is 17.6 Å². The van der Waals surface area contributed by atoms with Crippen LogP contribution < -0.4 is 0 Å². The molecule has 2 unspecified atom stereocenters. The Kier molecular flexibility index (Phi) is 3.90. The van der Waals surface area contributed by atoms with E-state index in [0.717, 1.165) is 38.5 Å². The molecule has 4 fully saturated rings. The van der Waals surface area contributed by atoms with Gasteiger partial charge in [-0.2, -0.15) is 4.98 Å². The summed E-state index contributed by atoms with van der Waals surface area (Å²) in [5.41, 5.74) is -0.382. The third kappa shape index (κ3) is 2.96. The van der Waals surface area contributed by atoms with Crippen LogP contribution >= 0.6 is 11.6 Å². The summed E-state index contributed by atoms with van der Waals surface area (Å²) in [6.07, 6.45) is 6.73. The van der Waals surface area contributed by atoms with Gasteiger partial charge in [-0.1, -0.05) is 19.0 Å². The number of alkyl halides is 1. The Balaban J connectivity index is 1.40. The van der Waals surface area contributed by atoms with Crippen LogP contribution in [0.3, 0.4) is 0 Å². The molecule has 0 aromatic carbocycles. The monoisotopic (exact) mass is 352 g/mol. The molecule has 4 bridgehead atoms. The highest BCUT2D eigenvalue weighted by Gasteiger charge is 2.60. The van der Waals surface area contributed by atoms with Gasteiger partial charge in [-0.05, 0) is 56.3 Å². The molecule has 5 nitrogen and oxygen atoms in total. The summed E-state index contributed by atoms with van der Waals surface area (Å²) in [4.78, 5) is 16.9. The molecule has 132 valence electrons. The van der Waals surface area contributed by atoms with Crippen LogP contribution in [0, 0.1) is 23.2 Å². The van der Waals surface area contributed by atoms with Gasteiger partial charge in [-0.15, -0.1) is 11.6 Å². The Morgan fingerprint density at radius 1 is 1.33 bits per heavy atom. The number of aromatic nitrogens is 2. The number of ether oxygens (including phenoxy) is 1. The standard InChI is InChI=1S/C18H25ClN2O3/c1-11(2)3-14-20-15(24-21-14)9-23-16(22)17-5-12-4-13(6-17)8-18(19,7-12)10-17/h11-13H,3-10H2,1-2H3. The van der Waals surface area contributed by atoms with E-state index in [9.17, 15) is 4.79 Å². The Bertz CT molecular complexity index is 628. The molecule has 4 aliphatic rings. The van der Waals surface area contributed by atoms with Gasteiger partial charge in [-0.25, -0.2) is 0 Å². The van der Waals surface area contributed by atoms with Crippen LogP contribution in [0.25, 0.3) is 0 Å². The van der Waals surface area contributed by atoms with Crippen molar-refractivity contribution in [2.75, 3.05) is 0 Å². The highest BCUT2D eigenvalue weighted by atomic mass is 35.5. The second-order valence-corrected chi connectivity index (χ2v) is 9.47. The molecule has 0 amide bonds. The van der Waals surface area contributed by atoms with Gasteiger partial charge in [0.1, 0.15) is 0 Å². The smallest absolute Gasteiger partial charge is 0.312 e. The van der Waals surface area contributed by atoms with Crippen LogP contribution in [0.1, 0.15) is 64.1 Å². The van der Waals surface area contributed by atoms with Crippen LogP contribution in [-0.2, 0) is 22.6 Å². The van der Waals surface area contributed by atoms with Crippen molar-refractivity contribution in [2.45, 2.75) is 70.3 Å². The zero-order valence-electron chi connectivity index (χ0n) is 14.4. The Morgan fingerprint density at radius 2 is 2.04 bits per heavy atom. The lowest BCUT2D eigenvalue weighted by molar-refractivity contribution is -0.172. The van der Waals surface area contributed by atoms with Crippen molar-refractivity contribution in [3.05, 3.63) is 11.7 Å². The Hall–Kier alpha value is -1.10. The largest absolute Gasteiger partial charge is 0.455 e. The SMILES string of the molecule is CC(C)Cc1noc(COC(=O)C23CC4CC(CC(Cl)(C4)C2)C3)n1. The maximum absolute atomic E-state index is 12.8. The van der Waals surface area contributed by atoms with Gasteiger partial charge in [-0.3, -0.25) is 4.79 Å². The third-order valence-electron chi connectivity index (χ3n) is 5.85. The van der Waals surface area contributed by atoms with Gasteiger partial charge >= 0.3 is 5.97 Å². The third-order valence-corrected chi connectivity index (χ3v) is 6.29. The first-order valence-corrected chi connectivity index (χ1v) is 9.41. The normalized spacial score (nSPS) is 37.2. The first-order chi connectivity index (χ1) is 11.4. The van der Waals surface area contributed by atoms with Gasteiger partial charge in [0.2, 0.25) is 0 Å². The fraction of sp³-hybridized carbons (Fsp3) is 0.833. The second kappa shape index (κ2) is 5.72. The topological polar surface area (TPSA) is 65.2 Å². The van der Waals surface area contributed by atoms with Gasteiger partial charge in [0.05, 0.1) is 5.41 Å². The average Bonchev–Trinajstić information content (AvgIpc) is 2.88. The predicted octanol–water partition coefficient (Wildman–Crippen LogP) is 3.89. The molecule has 4 saturated carbocycles. The number of carbonyl (C=O) groups is 1. The van der Waals surface area contributed by atoms with Crippen molar-refractivity contribution in [3.8, 4) is 0 Å². The summed E-state index contributed by atoms with van der Waals surface area (Å²) in [7, 11) is 0. The number of esters is 1. The first kappa shape index (κ1) is 16.4. The second-order valence-electron chi connectivity index (χ2n) is 8.67. The lowest BCUT2D eigenvalue weighted by Gasteiger charge is -2.58. The molecular formula is C18H25ClN2O3. The molecule has 1 aromatic heterocycles. The molecule has 0 spiro atoms. The summed E-state index contributed by atoms with van der Waals surface area (Å²) >= 11 is 6.78. The molecule has 0 radical (unpaired) electrons. The van der Waals surface area contributed by atoms with Gasteiger partial charge in [0.15, 0.2) is 12.4 Å². The number of nitrogens with zero attached hydrogens (tertiary/aromatic N) is 2. The van der Waals surface area contributed by atoms with Crippen molar-refractivity contribution in [3.63, 3.8) is 0 Å². The van der Waals surface area contributed by atoms with Crippen LogP contribution in [0.15, 0.2) is 4.52 Å². The van der Waals surface area contributed by atoms with Crippen molar-refractivity contribution in [1.29, 1.82) is 0 Å². The minimum absolute atomic E-state index is 0.0658. The Morgan fingerprint density at radius 3 is 2.67 bits per heavy atom. The van der Waals surface area contributed by atoms with Crippen molar-refractivity contribution in [2.24, 2.45) is 23.2 Å². The number of rotatable bonds is 5. The van der Waals surface area contributed by atoms with E-state index in [1.807, 2.05) is 0 Å². The summed E-state index contributed by atoms with van der Waals surface area (Å²) in [5, 5.41) is 3.94. The maximum atomic E-state index is 12.8. The van der Waals surface area contributed by atoms with Gasteiger partial charge in [0, 0.05) is 11.3 Å². The summed E-state index contributed by atoms with van der Waals surface area (Å²) < 4.78 is 10.8. The van der Waals surface area contributed by atoms with Crippen molar-refractivity contribution in [1.82, 2.24) is 10.1 Å². The van der Waals surface area contributed by atoms with E-state index in [2.05, 4.69) is 24.0 Å². The molecule has 2 atom stereocenters. The first-order valence-electron chi connectivity index (χ1n) is 9.03. The molecule has 0 saturated heterocycles. The van der Waals surface area contributed by atoms with E-state index in [4.69, 9.17) is 20.9 Å². The van der Waals surface area contributed by atoms with E-state index in [1.165, 1.54) is 6.42 Å². The molecule has 1 aromatic rings. The minimum atomic E-state index is -0.382. The van der Waals surface area contributed by atoms with E-state index < -0.39 is 0 Å². The van der Waals surface area contributed by atoms with E-state index in [-0.39, 0.29) is 22.9 Å². The fourth-order valence-corrected chi connectivity index (χ4v) is 6.16. The lowest BCUT2D eigenvalue weighted by atomic mass is 9.49. The zero-order chi connectivity index (χ0) is 16.9. The number of hydrogen-bond acceptors (Lipinski definition) is 5. The van der Waals surface area contributed by atoms with E-state index in [0.29, 0.717) is 29.5 Å². The van der Waals surface area contributed by atoms with E-state index >= 15 is 0 Å². The summed E-state index contributed by atoms with van der Waals surface area (Å²) in [6.45, 7) is 4.27. The molecule has 5 rings (SSSR count). The quantitative estimate of drug-likeness (QED) is 0.594. The highest BCUT2D eigenvalue weighted by Crippen LogP contribution is 2.64. The minimum Gasteiger partial charge on any atom is -0.455 e. The fourth-order valence-electron chi connectivity index (χ4n) is 5.47. The number of halogens is 1. The molecule has 0 aliphatic heterocycles. The van der Waals surface area contributed by atoms with E-state index in [1.54, 1.807) is 0 Å². The number of carbonyl (C=O) groups excluding carboxylic acids is 1. The van der Waals surface area contributed by atoms with Crippen LogP contribution in [-0.4, -0.2) is 21.0 Å². The van der Waals surface area contributed by atoms with Crippen LogP contribution in [0.4, 0.5) is 0 Å². The number of hydrogen-bond donors (Lipinski definition) is 0. The molecule has 6 heteroatoms. The molecule has 4 aliphatic carbocycles. The lowest BCUT2D eigenvalue weighted by Crippen LogP contribution is -2.56. The van der Waals surface area contributed by atoms with Crippen molar-refractivity contribution < 1.29 is 14.1 Å². The van der Waals surface area contributed by atoms with Crippen LogP contribution in [0.2, 0.25) is 0 Å². The zero-order valence-corrected chi connectivity index (χ0v) is 15.1. The van der Waals surface area contributed by atoms with Crippen LogP contribution in [0.5, 0.6) is 0 Å². The summed E-state index contributed by atoms with van der Waals surface area (Å²) in [5.74, 6) is 2.56. The Labute approximate surface area is 147 Å². The molecule has 24 heavy (non-hydrogen) atoms. The predicted molar refractivity (Wildman–Crippen MR) is 88.3 cm³/mol.